The van der Waals surface area contributed by atoms with Crippen LogP contribution >= 0.6 is 11.8 Å². The van der Waals surface area contributed by atoms with E-state index in [-0.39, 0.29) is 29.0 Å². The zero-order valence-electron chi connectivity index (χ0n) is 34.2. The number of hydrogen-bond donors (Lipinski definition) is 3. The van der Waals surface area contributed by atoms with Gasteiger partial charge in [0.15, 0.2) is 5.82 Å². The molecule has 0 radical (unpaired) electrons. The van der Waals surface area contributed by atoms with Gasteiger partial charge in [-0.1, -0.05) is 45.9 Å². The topological polar surface area (TPSA) is 147 Å². The summed E-state index contributed by atoms with van der Waals surface area (Å²) in [6, 6.07) is 18.0. The Morgan fingerprint density at radius 2 is 1.53 bits per heavy atom. The van der Waals surface area contributed by atoms with Crippen molar-refractivity contribution in [3.8, 4) is 0 Å². The van der Waals surface area contributed by atoms with Crippen molar-refractivity contribution in [3.05, 3.63) is 89.1 Å². The van der Waals surface area contributed by atoms with Gasteiger partial charge in [0.25, 0.3) is 0 Å². The van der Waals surface area contributed by atoms with Crippen LogP contribution in [0.5, 0.6) is 0 Å². The molecular formula is C43H57N5O6S. The Morgan fingerprint density at radius 3 is 2.09 bits per heavy atom. The van der Waals surface area contributed by atoms with Crippen molar-refractivity contribution >= 4 is 57.8 Å². The van der Waals surface area contributed by atoms with E-state index in [0.717, 1.165) is 32.0 Å². The van der Waals surface area contributed by atoms with Crippen LogP contribution in [-0.2, 0) is 20.8 Å². The zero-order chi connectivity index (χ0) is 41.0. The minimum atomic E-state index is -0.920. The SMILES string of the molecule is Cc1cc(C(Nc2ccc3c(N(C(=O)OC(C)(C)C)C(=O)OC(C)(C)C)nccc3c2)C(=O)N(C)Cc2cc(N)ccc2SC(C)(C)C)ccc1C(C)CO. The Bertz CT molecular complexity index is 2000. The number of aliphatic hydroxyl groups is 1. The number of carbonyl (C=O) groups excluding carboxylic acids is 3. The van der Waals surface area contributed by atoms with E-state index in [1.54, 1.807) is 83.5 Å². The first-order chi connectivity index (χ1) is 25.5. The van der Waals surface area contributed by atoms with Crippen LogP contribution in [0.1, 0.15) is 103 Å². The Hall–Kier alpha value is -4.81. The minimum Gasteiger partial charge on any atom is -0.443 e. The fraction of sp³-hybridized carbons (Fsp3) is 0.442. The number of thioether (sulfide) groups is 1. The largest absolute Gasteiger partial charge is 0.443 e. The Morgan fingerprint density at radius 1 is 0.891 bits per heavy atom. The number of imide groups is 1. The van der Waals surface area contributed by atoms with Crippen LogP contribution in [0.2, 0.25) is 0 Å². The number of aliphatic hydroxyl groups excluding tert-OH is 1. The number of nitrogens with two attached hydrogens (primary N) is 1. The van der Waals surface area contributed by atoms with E-state index < -0.39 is 29.4 Å². The maximum absolute atomic E-state index is 14.6. The molecule has 296 valence electrons. The molecule has 0 spiro atoms. The van der Waals surface area contributed by atoms with Gasteiger partial charge in [-0.05, 0) is 119 Å². The molecule has 0 fully saturated rings. The molecule has 2 atom stereocenters. The molecule has 55 heavy (non-hydrogen) atoms. The number of hydrogen-bond acceptors (Lipinski definition) is 10. The van der Waals surface area contributed by atoms with Crippen LogP contribution in [0.4, 0.5) is 26.8 Å². The number of fused-ring (bicyclic) bond motifs is 1. The highest BCUT2D eigenvalue weighted by molar-refractivity contribution is 8.00. The molecule has 0 aliphatic rings. The first-order valence-corrected chi connectivity index (χ1v) is 19.2. The standard InChI is InChI=1S/C43H57N5O6S/c1-26-21-29(13-16-33(26)27(2)25-49)36(38(50)47(12)24-30-22-31(44)14-18-35(30)55-43(9,10)11)46-32-15-17-34-28(23-32)19-20-45-37(34)48(39(51)53-41(3,4)5)40(52)54-42(6,7)8/h13-23,27,36,46,49H,24-25,44H2,1-12H3. The zero-order valence-corrected chi connectivity index (χ0v) is 35.1. The van der Waals surface area contributed by atoms with E-state index in [0.29, 0.717) is 28.7 Å². The highest BCUT2D eigenvalue weighted by atomic mass is 32.2. The second-order valence-corrected chi connectivity index (χ2v) is 18.8. The number of anilines is 3. The summed E-state index contributed by atoms with van der Waals surface area (Å²) in [5, 5.41) is 14.5. The smallest absolute Gasteiger partial charge is 0.425 e. The molecule has 3 amide bonds. The van der Waals surface area contributed by atoms with E-state index in [4.69, 9.17) is 15.2 Å². The van der Waals surface area contributed by atoms with E-state index in [2.05, 4.69) is 31.1 Å². The van der Waals surface area contributed by atoms with Gasteiger partial charge in [-0.15, -0.1) is 11.8 Å². The molecule has 12 heteroatoms. The fourth-order valence-electron chi connectivity index (χ4n) is 5.98. The van der Waals surface area contributed by atoms with Crippen LogP contribution < -0.4 is 16.0 Å². The molecule has 4 rings (SSSR count). The lowest BCUT2D eigenvalue weighted by molar-refractivity contribution is -0.131. The minimum absolute atomic E-state index is 0.00582. The number of aryl methyl sites for hydroxylation is 1. The third kappa shape index (κ3) is 11.6. The summed E-state index contributed by atoms with van der Waals surface area (Å²) in [7, 11) is 1.78. The summed E-state index contributed by atoms with van der Waals surface area (Å²) in [6.45, 7) is 21.0. The van der Waals surface area contributed by atoms with E-state index >= 15 is 0 Å². The lowest BCUT2D eigenvalue weighted by Crippen LogP contribution is -2.44. The van der Waals surface area contributed by atoms with Crippen molar-refractivity contribution in [3.63, 3.8) is 0 Å². The van der Waals surface area contributed by atoms with Gasteiger partial charge in [0.2, 0.25) is 5.91 Å². The molecule has 0 bridgehead atoms. The number of nitrogen functional groups attached to an aromatic ring is 1. The number of aromatic nitrogens is 1. The van der Waals surface area contributed by atoms with Gasteiger partial charge in [-0.2, -0.15) is 4.90 Å². The van der Waals surface area contributed by atoms with Gasteiger partial charge in [0.1, 0.15) is 17.2 Å². The second kappa shape index (κ2) is 16.9. The molecule has 4 N–H and O–H groups in total. The van der Waals surface area contributed by atoms with E-state index in [1.807, 2.05) is 56.3 Å². The van der Waals surface area contributed by atoms with Gasteiger partial charge in [-0.3, -0.25) is 4.79 Å². The van der Waals surface area contributed by atoms with Crippen molar-refractivity contribution in [2.24, 2.45) is 0 Å². The average molecular weight is 772 g/mol. The quantitative estimate of drug-likeness (QED) is 0.105. The maximum Gasteiger partial charge on any atom is 0.425 e. The number of rotatable bonds is 10. The summed E-state index contributed by atoms with van der Waals surface area (Å²) < 4.78 is 11.2. The number of pyridine rings is 1. The summed E-state index contributed by atoms with van der Waals surface area (Å²) in [5.74, 6) is -0.187. The Balaban J connectivity index is 1.77. The molecule has 0 saturated heterocycles. The summed E-state index contributed by atoms with van der Waals surface area (Å²) >= 11 is 1.72. The molecular weight excluding hydrogens is 715 g/mol. The van der Waals surface area contributed by atoms with Crippen molar-refractivity contribution in [1.29, 1.82) is 0 Å². The van der Waals surface area contributed by atoms with Crippen LogP contribution in [-0.4, -0.2) is 62.7 Å². The Kier molecular flexibility index (Phi) is 13.2. The normalized spacial score (nSPS) is 13.2. The Labute approximate surface area is 330 Å². The first-order valence-electron chi connectivity index (χ1n) is 18.4. The van der Waals surface area contributed by atoms with Crippen molar-refractivity contribution in [2.75, 3.05) is 29.6 Å². The molecule has 1 aromatic heterocycles. The van der Waals surface area contributed by atoms with Crippen LogP contribution in [0.15, 0.2) is 71.8 Å². The van der Waals surface area contributed by atoms with Gasteiger partial charge < -0.3 is 30.5 Å². The number of nitrogens with zero attached hydrogens (tertiary/aromatic N) is 3. The van der Waals surface area contributed by atoms with Gasteiger partial charge >= 0.3 is 12.2 Å². The molecule has 4 aromatic rings. The third-order valence-corrected chi connectivity index (χ3v) is 9.61. The number of nitrogens with one attached hydrogen (secondary N) is 1. The molecule has 1 heterocycles. The van der Waals surface area contributed by atoms with E-state index in [9.17, 15) is 19.5 Å². The maximum atomic E-state index is 14.6. The fourth-order valence-corrected chi connectivity index (χ4v) is 7.03. The average Bonchev–Trinajstić information content (AvgIpc) is 3.05. The van der Waals surface area contributed by atoms with Crippen LogP contribution in [0, 0.1) is 6.92 Å². The second-order valence-electron chi connectivity index (χ2n) is 16.9. The number of ether oxygens (including phenoxy) is 2. The first kappa shape index (κ1) is 42.9. The molecule has 0 aliphatic heterocycles. The predicted octanol–water partition coefficient (Wildman–Crippen LogP) is 9.60. The summed E-state index contributed by atoms with van der Waals surface area (Å²) in [4.78, 5) is 49.5. The molecule has 0 aliphatic carbocycles. The molecule has 0 saturated carbocycles. The number of amides is 3. The third-order valence-electron chi connectivity index (χ3n) is 8.38. The number of likely N-dealkylation sites (N-methyl/N-ethyl adjacent to an activating group) is 1. The highest BCUT2D eigenvalue weighted by Crippen LogP contribution is 2.37. The lowest BCUT2D eigenvalue weighted by Gasteiger charge is -2.29. The van der Waals surface area contributed by atoms with Crippen molar-refractivity contribution in [2.45, 2.75) is 116 Å². The van der Waals surface area contributed by atoms with Gasteiger partial charge in [-0.25, -0.2) is 14.6 Å². The summed E-state index contributed by atoms with van der Waals surface area (Å²) in [6.07, 6.45) is -0.338. The van der Waals surface area contributed by atoms with Crippen molar-refractivity contribution in [1.82, 2.24) is 9.88 Å². The van der Waals surface area contributed by atoms with Crippen LogP contribution in [0.25, 0.3) is 10.8 Å². The highest BCUT2D eigenvalue weighted by Gasteiger charge is 2.35. The van der Waals surface area contributed by atoms with Gasteiger partial charge in [0, 0.05) is 58.7 Å². The van der Waals surface area contributed by atoms with Gasteiger partial charge in [0.05, 0.1) is 0 Å². The number of carbonyl (C=O) groups is 3. The predicted molar refractivity (Wildman–Crippen MR) is 223 cm³/mol. The molecule has 3 aromatic carbocycles. The molecule has 11 nitrogen and oxygen atoms in total. The van der Waals surface area contributed by atoms with Crippen LogP contribution in [0.3, 0.4) is 0 Å². The lowest BCUT2D eigenvalue weighted by atomic mass is 9.93. The summed E-state index contributed by atoms with van der Waals surface area (Å²) in [5.41, 5.74) is 9.34. The van der Waals surface area contributed by atoms with E-state index in [1.165, 1.54) is 6.20 Å². The number of benzene rings is 3. The molecule has 2 unspecified atom stereocenters. The van der Waals surface area contributed by atoms with Crippen molar-refractivity contribution < 1.29 is 29.0 Å². The monoisotopic (exact) mass is 771 g/mol.